The van der Waals surface area contributed by atoms with E-state index in [1.54, 1.807) is 0 Å². The highest BCUT2D eigenvalue weighted by atomic mass is 15.0. The number of hydrogen-bond donors (Lipinski definition) is 0. The second-order valence-electron chi connectivity index (χ2n) is 27.7. The molecule has 16 aromatic carbocycles. The van der Waals surface area contributed by atoms with E-state index in [0.29, 0.717) is 5.82 Å². The monoisotopic (exact) mass is 1380 g/mol. The molecule has 6 heterocycles. The van der Waals surface area contributed by atoms with Crippen LogP contribution in [0.15, 0.2) is 388 Å². The second-order valence-corrected chi connectivity index (χ2v) is 27.7. The molecular formula is C100H64N8. The SMILES string of the molecule is c1ccc(-c2nc(-c3ccc(-n4c5ccccc5c5cc(-c6ccc7c(c6)c6ccccc6n7-c6ccccc6)ccc54)cc3)c3ccccc3n2)cc1.c1ccc(-c2nc(-c3cccc(-n4c5ccccc5c5cc(-c6ccc7c(c6)c6ccccc6n7-c6ccccc6)ccc54)c3)nc3ccccc23)cc1. The molecule has 0 unspecified atom stereocenters. The fraction of sp³-hybridized carbons (Fsp3) is 0. The minimum atomic E-state index is 0.710. The van der Waals surface area contributed by atoms with E-state index in [-0.39, 0.29) is 0 Å². The van der Waals surface area contributed by atoms with Crippen LogP contribution in [0.3, 0.4) is 0 Å². The second kappa shape index (κ2) is 25.7. The van der Waals surface area contributed by atoms with Crippen molar-refractivity contribution >= 4 is 109 Å². The Balaban J connectivity index is 0.000000138. The van der Waals surface area contributed by atoms with Gasteiger partial charge >= 0.3 is 0 Å². The van der Waals surface area contributed by atoms with E-state index in [4.69, 9.17) is 19.9 Å². The zero-order valence-corrected chi connectivity index (χ0v) is 58.5. The van der Waals surface area contributed by atoms with Crippen LogP contribution in [0, 0.1) is 0 Å². The van der Waals surface area contributed by atoms with E-state index >= 15 is 0 Å². The lowest BCUT2D eigenvalue weighted by atomic mass is 10.0. The Bertz CT molecular complexity index is 7280. The summed E-state index contributed by atoms with van der Waals surface area (Å²) in [6.07, 6.45) is 0. The van der Waals surface area contributed by atoms with Gasteiger partial charge in [-0.2, -0.15) is 0 Å². The lowest BCUT2D eigenvalue weighted by Gasteiger charge is -2.12. The lowest BCUT2D eigenvalue weighted by molar-refractivity contribution is 1.17. The molecule has 6 aromatic heterocycles. The van der Waals surface area contributed by atoms with Crippen LogP contribution in [0.5, 0.6) is 0 Å². The Morgan fingerprint density at radius 3 is 0.815 bits per heavy atom. The fourth-order valence-electron chi connectivity index (χ4n) is 16.5. The minimum absolute atomic E-state index is 0.710. The van der Waals surface area contributed by atoms with Gasteiger partial charge in [0.2, 0.25) is 0 Å². The van der Waals surface area contributed by atoms with E-state index in [0.717, 1.165) is 83.7 Å². The number of hydrogen-bond acceptors (Lipinski definition) is 4. The number of para-hydroxylation sites is 8. The summed E-state index contributed by atoms with van der Waals surface area (Å²) >= 11 is 0. The number of benzene rings is 16. The van der Waals surface area contributed by atoms with E-state index in [9.17, 15) is 0 Å². The van der Waals surface area contributed by atoms with Crippen LogP contribution in [0.25, 0.3) is 199 Å². The smallest absolute Gasteiger partial charge is 0.160 e. The van der Waals surface area contributed by atoms with E-state index in [1.165, 1.54) is 110 Å². The summed E-state index contributed by atoms with van der Waals surface area (Å²) in [5.74, 6) is 1.44. The third-order valence-corrected chi connectivity index (χ3v) is 21.4. The highest BCUT2D eigenvalue weighted by Gasteiger charge is 2.22. The third-order valence-electron chi connectivity index (χ3n) is 21.4. The molecule has 8 heteroatoms. The summed E-state index contributed by atoms with van der Waals surface area (Å²) in [7, 11) is 0. The van der Waals surface area contributed by atoms with Gasteiger partial charge in [0.1, 0.15) is 0 Å². The van der Waals surface area contributed by atoms with Crippen molar-refractivity contribution in [2.75, 3.05) is 0 Å². The van der Waals surface area contributed by atoms with Crippen molar-refractivity contribution in [2.24, 2.45) is 0 Å². The molecule has 0 N–H and O–H groups in total. The van der Waals surface area contributed by atoms with Gasteiger partial charge in [0, 0.05) is 98.9 Å². The average molecular weight is 1380 g/mol. The van der Waals surface area contributed by atoms with Gasteiger partial charge in [0.15, 0.2) is 11.6 Å². The Hall–Kier alpha value is -14.6. The molecule has 0 atom stereocenters. The highest BCUT2D eigenvalue weighted by molar-refractivity contribution is 6.15. The Kier molecular flexibility index (Phi) is 14.7. The molecule has 0 aliphatic heterocycles. The maximum absolute atomic E-state index is 5.17. The summed E-state index contributed by atoms with van der Waals surface area (Å²) in [5, 5.41) is 12.0. The summed E-state index contributed by atoms with van der Waals surface area (Å²) < 4.78 is 9.48. The van der Waals surface area contributed by atoms with Crippen LogP contribution in [0.1, 0.15) is 0 Å². The molecule has 108 heavy (non-hydrogen) atoms. The molecule has 0 fully saturated rings. The minimum Gasteiger partial charge on any atom is -0.309 e. The average Bonchev–Trinajstić information content (AvgIpc) is 1.53. The fourth-order valence-corrected chi connectivity index (χ4v) is 16.5. The van der Waals surface area contributed by atoms with Gasteiger partial charge < -0.3 is 18.3 Å². The molecule has 0 saturated carbocycles. The maximum atomic E-state index is 5.17. The normalized spacial score (nSPS) is 11.7. The van der Waals surface area contributed by atoms with Gasteiger partial charge in [-0.15, -0.1) is 0 Å². The Morgan fingerprint density at radius 2 is 0.417 bits per heavy atom. The highest BCUT2D eigenvalue weighted by Crippen LogP contribution is 2.43. The predicted molar refractivity (Wildman–Crippen MR) is 449 cm³/mol. The summed E-state index contributed by atoms with van der Waals surface area (Å²) in [6.45, 7) is 0. The first-order chi connectivity index (χ1) is 53.6. The number of nitrogens with zero attached hydrogens (tertiary/aromatic N) is 8. The Labute approximate surface area is 621 Å². The van der Waals surface area contributed by atoms with Gasteiger partial charge in [-0.1, -0.05) is 255 Å². The first kappa shape index (κ1) is 62.0. The predicted octanol–water partition coefficient (Wildman–Crippen LogP) is 25.7. The van der Waals surface area contributed by atoms with E-state index < -0.39 is 0 Å². The number of aromatic nitrogens is 8. The molecule has 0 saturated heterocycles. The molecule has 8 nitrogen and oxygen atoms in total. The van der Waals surface area contributed by atoms with Crippen LogP contribution < -0.4 is 0 Å². The van der Waals surface area contributed by atoms with Crippen molar-refractivity contribution in [1.82, 2.24) is 38.2 Å². The number of rotatable bonds is 10. The van der Waals surface area contributed by atoms with E-state index in [2.05, 4.69) is 370 Å². The van der Waals surface area contributed by atoms with Crippen LogP contribution in [-0.4, -0.2) is 38.2 Å². The van der Waals surface area contributed by atoms with E-state index in [1.807, 2.05) is 36.4 Å². The molecule has 22 rings (SSSR count). The van der Waals surface area contributed by atoms with Gasteiger partial charge in [0.25, 0.3) is 0 Å². The third kappa shape index (κ3) is 10.4. The molecule has 0 aliphatic rings. The molecule has 0 spiro atoms. The van der Waals surface area contributed by atoms with Crippen molar-refractivity contribution in [3.8, 4) is 90.3 Å². The van der Waals surface area contributed by atoms with Crippen LogP contribution in [0.2, 0.25) is 0 Å². The molecule has 0 amide bonds. The van der Waals surface area contributed by atoms with Crippen LogP contribution in [-0.2, 0) is 0 Å². The van der Waals surface area contributed by atoms with Crippen molar-refractivity contribution in [1.29, 1.82) is 0 Å². The van der Waals surface area contributed by atoms with Crippen molar-refractivity contribution in [3.05, 3.63) is 388 Å². The lowest BCUT2D eigenvalue weighted by Crippen LogP contribution is -1.97. The zero-order valence-electron chi connectivity index (χ0n) is 58.5. The first-order valence-electron chi connectivity index (χ1n) is 36.7. The molecule has 504 valence electrons. The van der Waals surface area contributed by atoms with Crippen molar-refractivity contribution in [2.45, 2.75) is 0 Å². The van der Waals surface area contributed by atoms with Gasteiger partial charge in [0.05, 0.1) is 66.6 Å². The standard InChI is InChI=1S/2C50H32N4/c1-3-14-33(15-4-1)49-41-22-7-10-23-44(41)51-50(52-49)36-16-13-19-38(30-36)54-46-25-12-9-21-40(46)43-32-35(27-29-48(43)54)34-26-28-47-42(31-34)39-20-8-11-24-45(39)53(47)37-17-5-2-6-18-37;1-3-13-34(14-4-1)50-51-44-20-10-7-19-41(44)49(52-50)33-23-27-38(28-24-33)54-46-22-12-9-18-40(46)43-32-36(26-30-48(43)54)35-25-29-47-42(31-35)39-17-8-11-21-45(39)53(47)37-15-5-2-6-16-37/h2*1-32H. The zero-order chi connectivity index (χ0) is 71.2. The van der Waals surface area contributed by atoms with Crippen LogP contribution >= 0.6 is 0 Å². The van der Waals surface area contributed by atoms with Crippen LogP contribution in [0.4, 0.5) is 0 Å². The van der Waals surface area contributed by atoms with Gasteiger partial charge in [-0.25, -0.2) is 19.9 Å². The van der Waals surface area contributed by atoms with Gasteiger partial charge in [-0.05, 0) is 156 Å². The molecular weight excluding hydrogens is 1310 g/mol. The quantitative estimate of drug-likeness (QED) is 0.137. The van der Waals surface area contributed by atoms with Crippen molar-refractivity contribution < 1.29 is 0 Å². The maximum Gasteiger partial charge on any atom is 0.160 e. The Morgan fingerprint density at radius 1 is 0.148 bits per heavy atom. The first-order valence-corrected chi connectivity index (χ1v) is 36.7. The topological polar surface area (TPSA) is 71.3 Å². The largest absolute Gasteiger partial charge is 0.309 e. The number of fused-ring (bicyclic) bond motifs is 14. The summed E-state index contributed by atoms with van der Waals surface area (Å²) in [6, 6.07) is 138. The molecule has 0 radical (unpaired) electrons. The summed E-state index contributed by atoms with van der Waals surface area (Å²) in [4.78, 5) is 20.2. The molecule has 0 aliphatic carbocycles. The summed E-state index contributed by atoms with van der Waals surface area (Å²) in [5.41, 5.74) is 26.6. The molecule has 0 bridgehead atoms. The van der Waals surface area contributed by atoms with Gasteiger partial charge in [-0.3, -0.25) is 0 Å². The molecule has 22 aromatic rings. The van der Waals surface area contributed by atoms with Crippen molar-refractivity contribution in [3.63, 3.8) is 0 Å².